The summed E-state index contributed by atoms with van der Waals surface area (Å²) < 4.78 is 77.6. The second-order valence-electron chi connectivity index (χ2n) is 11.8. The third-order valence-electron chi connectivity index (χ3n) is 9.28. The predicted molar refractivity (Wildman–Crippen MR) is 129 cm³/mol. The Balaban J connectivity index is 1.54. The molecule has 1 saturated heterocycles. The predicted octanol–water partition coefficient (Wildman–Crippen LogP) is 3.19. The molecular formula is C25H36F2O11S. The number of rotatable bonds is 10. The van der Waals surface area contributed by atoms with Crippen LogP contribution < -0.4 is 0 Å². The Labute approximate surface area is 226 Å². The van der Waals surface area contributed by atoms with Crippen LogP contribution in [-0.4, -0.2) is 66.0 Å². The third-order valence-corrected chi connectivity index (χ3v) is 10.3. The van der Waals surface area contributed by atoms with Gasteiger partial charge in [-0.2, -0.15) is 17.2 Å². The van der Waals surface area contributed by atoms with E-state index in [1.54, 1.807) is 0 Å². The minimum atomic E-state index is -5.83. The Morgan fingerprint density at radius 1 is 1.13 bits per heavy atom. The molecule has 1 heterocycles. The monoisotopic (exact) mass is 582 g/mol. The Bertz CT molecular complexity index is 1130. The maximum absolute atomic E-state index is 13.5. The van der Waals surface area contributed by atoms with Gasteiger partial charge in [0.2, 0.25) is 12.2 Å². The molecular weight excluding hydrogens is 546 g/mol. The average Bonchev–Trinajstić information content (AvgIpc) is 3.33. The van der Waals surface area contributed by atoms with Gasteiger partial charge in [-0.3, -0.25) is 14.1 Å². The summed E-state index contributed by atoms with van der Waals surface area (Å²) in [5.41, 5.74) is -1.08. The van der Waals surface area contributed by atoms with E-state index in [1.807, 2.05) is 13.8 Å². The quantitative estimate of drug-likeness (QED) is 0.229. The number of alkyl halides is 2. The number of fused-ring (bicyclic) bond motifs is 2. The molecule has 3 rings (SSSR count). The van der Waals surface area contributed by atoms with Crippen LogP contribution in [0.4, 0.5) is 8.78 Å². The first-order valence-electron chi connectivity index (χ1n) is 12.9. The van der Waals surface area contributed by atoms with Gasteiger partial charge in [-0.1, -0.05) is 34.6 Å². The summed E-state index contributed by atoms with van der Waals surface area (Å²) in [6.07, 6.45) is -4.35. The lowest BCUT2D eigenvalue weighted by atomic mass is 9.61. The summed E-state index contributed by atoms with van der Waals surface area (Å²) in [6.45, 7) is 11.0. The molecule has 0 spiro atoms. The van der Waals surface area contributed by atoms with Crippen LogP contribution in [0.25, 0.3) is 0 Å². The highest BCUT2D eigenvalue weighted by molar-refractivity contribution is 7.86. The molecule has 2 bridgehead atoms. The Morgan fingerprint density at radius 3 is 2.21 bits per heavy atom. The molecule has 3 fully saturated rings. The van der Waals surface area contributed by atoms with Crippen molar-refractivity contribution in [2.75, 3.05) is 0 Å². The number of esters is 4. The van der Waals surface area contributed by atoms with Gasteiger partial charge >= 0.3 is 39.2 Å². The van der Waals surface area contributed by atoms with Crippen molar-refractivity contribution in [1.82, 2.24) is 0 Å². The summed E-state index contributed by atoms with van der Waals surface area (Å²) in [5.74, 6) is -3.74. The van der Waals surface area contributed by atoms with Crippen molar-refractivity contribution in [1.29, 1.82) is 0 Å². The van der Waals surface area contributed by atoms with Crippen LogP contribution in [0.15, 0.2) is 0 Å². The van der Waals surface area contributed by atoms with E-state index in [9.17, 15) is 36.4 Å². The van der Waals surface area contributed by atoms with Gasteiger partial charge in [-0.25, -0.2) is 9.59 Å². The zero-order valence-corrected chi connectivity index (χ0v) is 23.6. The number of carbonyl (C=O) groups excluding carboxylic acids is 4. The highest BCUT2D eigenvalue weighted by Gasteiger charge is 2.71. The van der Waals surface area contributed by atoms with Gasteiger partial charge in [0.05, 0.1) is 12.8 Å². The van der Waals surface area contributed by atoms with Gasteiger partial charge in [0, 0.05) is 11.8 Å². The first-order chi connectivity index (χ1) is 17.7. The number of cyclic esters (lactones) is 1. The van der Waals surface area contributed by atoms with Gasteiger partial charge in [0.15, 0.2) is 6.10 Å². The van der Waals surface area contributed by atoms with Gasteiger partial charge in [-0.15, -0.1) is 0 Å². The fraction of sp³-hybridized carbons (Fsp3) is 0.840. The molecule has 1 aliphatic heterocycles. The van der Waals surface area contributed by atoms with Crippen molar-refractivity contribution in [3.05, 3.63) is 0 Å². The molecule has 0 aromatic carbocycles. The largest absolute Gasteiger partial charge is 0.455 e. The second kappa shape index (κ2) is 10.2. The van der Waals surface area contributed by atoms with Crippen LogP contribution in [0.3, 0.4) is 0 Å². The highest BCUT2D eigenvalue weighted by Crippen LogP contribution is 2.72. The Hall–Kier alpha value is -2.35. The van der Waals surface area contributed by atoms with E-state index in [0.717, 1.165) is 12.8 Å². The molecule has 11 nitrogen and oxygen atoms in total. The number of halogens is 2. The molecule has 0 aromatic heterocycles. The van der Waals surface area contributed by atoms with Crippen LogP contribution >= 0.6 is 0 Å². The van der Waals surface area contributed by atoms with Gasteiger partial charge in [-0.05, 0) is 43.4 Å². The van der Waals surface area contributed by atoms with Gasteiger partial charge in [0.25, 0.3) is 0 Å². The molecule has 14 heteroatoms. The topological polar surface area (TPSA) is 160 Å². The number of hydrogen-bond acceptors (Lipinski definition) is 10. The summed E-state index contributed by atoms with van der Waals surface area (Å²) in [6, 6.07) is 0. The SMILES string of the molecule is CC(C)C1(OC(=O)C2CC(OC(=O)CCC(=O)OC(C)C(F)(F)S(=O)(=O)O)C(=O)O2)CC2CCC1(C)C2(C)C. The van der Waals surface area contributed by atoms with E-state index < -0.39 is 76.0 Å². The summed E-state index contributed by atoms with van der Waals surface area (Å²) >= 11 is 0. The fourth-order valence-corrected chi connectivity index (χ4v) is 6.91. The first kappa shape index (κ1) is 31.2. The fourth-order valence-electron chi connectivity index (χ4n) is 6.44. The van der Waals surface area contributed by atoms with Crippen LogP contribution in [-0.2, 0) is 48.2 Å². The van der Waals surface area contributed by atoms with E-state index in [1.165, 1.54) is 0 Å². The van der Waals surface area contributed by atoms with Crippen LogP contribution in [0.2, 0.25) is 0 Å². The number of hydrogen-bond donors (Lipinski definition) is 1. The lowest BCUT2D eigenvalue weighted by Crippen LogP contribution is -2.54. The average molecular weight is 583 g/mol. The molecule has 39 heavy (non-hydrogen) atoms. The van der Waals surface area contributed by atoms with Crippen molar-refractivity contribution < 1.29 is 59.9 Å². The highest BCUT2D eigenvalue weighted by atomic mass is 32.2. The van der Waals surface area contributed by atoms with Crippen molar-refractivity contribution >= 4 is 34.0 Å². The van der Waals surface area contributed by atoms with Gasteiger partial charge in [0.1, 0.15) is 5.60 Å². The lowest BCUT2D eigenvalue weighted by molar-refractivity contribution is -0.200. The number of carbonyl (C=O) groups is 4. The maximum Gasteiger partial charge on any atom is 0.405 e. The zero-order chi connectivity index (χ0) is 29.8. The maximum atomic E-state index is 13.5. The molecule has 2 saturated carbocycles. The minimum absolute atomic E-state index is 0.00154. The summed E-state index contributed by atoms with van der Waals surface area (Å²) in [5, 5.41) is -4.75. The van der Waals surface area contributed by atoms with Crippen molar-refractivity contribution in [3.63, 3.8) is 0 Å². The molecule has 3 aliphatic rings. The summed E-state index contributed by atoms with van der Waals surface area (Å²) in [7, 11) is -5.83. The van der Waals surface area contributed by atoms with Crippen LogP contribution in [0.5, 0.6) is 0 Å². The van der Waals surface area contributed by atoms with E-state index in [2.05, 4.69) is 25.5 Å². The third kappa shape index (κ3) is 5.25. The zero-order valence-electron chi connectivity index (χ0n) is 22.8. The molecule has 0 amide bonds. The van der Waals surface area contributed by atoms with Crippen molar-refractivity contribution in [3.8, 4) is 0 Å². The van der Waals surface area contributed by atoms with E-state index in [-0.39, 0.29) is 23.2 Å². The second-order valence-corrected chi connectivity index (χ2v) is 13.3. The van der Waals surface area contributed by atoms with E-state index in [0.29, 0.717) is 19.3 Å². The standard InChI is InChI=1S/C25H36F2O11S/c1-13(2)24(12-15-9-10-23(24,6)22(15,4)5)38-21(31)17-11-16(20(30)37-17)36-19(29)8-7-18(28)35-14(3)25(26,27)39(32,33)34/h13-17H,7-12H2,1-6H3,(H,32,33,34). The number of ether oxygens (including phenoxy) is 4. The van der Waals surface area contributed by atoms with E-state index >= 15 is 0 Å². The van der Waals surface area contributed by atoms with Crippen molar-refractivity contribution in [2.45, 2.75) is 109 Å². The van der Waals surface area contributed by atoms with Crippen LogP contribution in [0.1, 0.15) is 80.1 Å². The Kier molecular flexibility index (Phi) is 8.19. The lowest BCUT2D eigenvalue weighted by Gasteiger charge is -2.50. The molecule has 2 aliphatic carbocycles. The summed E-state index contributed by atoms with van der Waals surface area (Å²) in [4.78, 5) is 49.4. The first-order valence-corrected chi connectivity index (χ1v) is 14.3. The van der Waals surface area contributed by atoms with E-state index in [4.69, 9.17) is 18.8 Å². The normalized spacial score (nSPS) is 32.6. The van der Waals surface area contributed by atoms with Crippen molar-refractivity contribution in [2.24, 2.45) is 22.7 Å². The molecule has 0 radical (unpaired) electrons. The Morgan fingerprint density at radius 2 is 1.72 bits per heavy atom. The minimum Gasteiger partial charge on any atom is -0.455 e. The molecule has 0 aromatic rings. The molecule has 222 valence electrons. The molecule has 1 N–H and O–H groups in total. The molecule has 6 atom stereocenters. The molecule has 6 unspecified atom stereocenters. The smallest absolute Gasteiger partial charge is 0.405 e. The van der Waals surface area contributed by atoms with Crippen LogP contribution in [0, 0.1) is 22.7 Å². The van der Waals surface area contributed by atoms with Gasteiger partial charge < -0.3 is 18.9 Å².